The molecule has 0 spiro atoms. The van der Waals surface area contributed by atoms with Gasteiger partial charge >= 0.3 is 17.9 Å². The number of carbonyl (C=O) groups excluding carboxylic acids is 3. The molecule has 0 saturated carbocycles. The third-order valence-electron chi connectivity index (χ3n) is 13.5. The molecule has 6 atom stereocenters. The summed E-state index contributed by atoms with van der Waals surface area (Å²) >= 11 is 14.1. The number of esters is 3. The number of aliphatic hydroxyl groups excluding tert-OH is 3. The molecule has 0 amide bonds. The van der Waals surface area contributed by atoms with E-state index in [9.17, 15) is 29.7 Å². The van der Waals surface area contributed by atoms with Gasteiger partial charge in [-0.05, 0) is 77.0 Å². The van der Waals surface area contributed by atoms with Gasteiger partial charge in [0, 0.05) is 35.0 Å². The van der Waals surface area contributed by atoms with Crippen molar-refractivity contribution in [3.63, 3.8) is 0 Å². The first-order valence-electron chi connectivity index (χ1n) is 29.0. The van der Waals surface area contributed by atoms with Crippen LogP contribution in [0.2, 0.25) is 0 Å². The summed E-state index contributed by atoms with van der Waals surface area (Å²) in [5.74, 6) is -1.04. The Morgan fingerprint density at radius 1 is 0.348 bits per heavy atom. The zero-order valence-corrected chi connectivity index (χ0v) is 47.5. The van der Waals surface area contributed by atoms with Crippen LogP contribution in [-0.4, -0.2) is 86.6 Å². The van der Waals surface area contributed by atoms with Gasteiger partial charge in [0.05, 0.1) is 18.3 Å². The van der Waals surface area contributed by atoms with Gasteiger partial charge in [0.15, 0.2) is 6.10 Å². The molecular weight excluding hydrogens is 925 g/mol. The van der Waals surface area contributed by atoms with Gasteiger partial charge in [-0.25, -0.2) is 0 Å². The first-order chi connectivity index (χ1) is 33.4. The molecule has 0 aliphatic rings. The van der Waals surface area contributed by atoms with Crippen molar-refractivity contribution in [2.75, 3.05) is 13.2 Å². The molecule has 0 saturated heterocycles. The van der Waals surface area contributed by atoms with Crippen molar-refractivity contribution in [2.24, 2.45) is 0 Å². The average Bonchev–Trinajstić information content (AvgIpc) is 3.31. The molecule has 0 bridgehead atoms. The predicted octanol–water partition coefficient (Wildman–Crippen LogP) is 15.4. The normalized spacial score (nSPS) is 14.7. The van der Waals surface area contributed by atoms with Crippen molar-refractivity contribution in [3.8, 4) is 0 Å². The molecule has 0 aromatic carbocycles. The predicted molar refractivity (Wildman–Crippen MR) is 299 cm³/mol. The van der Waals surface area contributed by atoms with Gasteiger partial charge in [-0.15, -0.1) is 0 Å². The van der Waals surface area contributed by atoms with E-state index in [0.29, 0.717) is 19.3 Å². The molecule has 0 aromatic heterocycles. The average molecular weight is 1040 g/mol. The number of rotatable bonds is 53. The van der Waals surface area contributed by atoms with E-state index in [4.69, 9.17) is 52.1 Å². The van der Waals surface area contributed by atoms with Gasteiger partial charge in [-0.3, -0.25) is 14.4 Å². The van der Waals surface area contributed by atoms with Gasteiger partial charge in [-0.1, -0.05) is 194 Å². The van der Waals surface area contributed by atoms with E-state index in [1.54, 1.807) is 0 Å². The highest BCUT2D eigenvalue weighted by atomic mass is 32.1. The quantitative estimate of drug-likeness (QED) is 0.0152. The topological polar surface area (TPSA) is 140 Å². The van der Waals surface area contributed by atoms with Crippen molar-refractivity contribution >= 4 is 55.8 Å². The number of ether oxygens (including phenoxy) is 3. The summed E-state index contributed by atoms with van der Waals surface area (Å²) in [7, 11) is 0. The minimum Gasteiger partial charge on any atom is -0.462 e. The van der Waals surface area contributed by atoms with Gasteiger partial charge in [-0.2, -0.15) is 37.9 Å². The third kappa shape index (κ3) is 49.3. The molecule has 0 rings (SSSR count). The highest BCUT2D eigenvalue weighted by molar-refractivity contribution is 7.81. The van der Waals surface area contributed by atoms with E-state index in [1.807, 2.05) is 0 Å². The third-order valence-corrected chi connectivity index (χ3v) is 14.9. The lowest BCUT2D eigenvalue weighted by molar-refractivity contribution is -0.167. The monoisotopic (exact) mass is 1030 g/mol. The smallest absolute Gasteiger partial charge is 0.306 e. The van der Waals surface area contributed by atoms with Crippen LogP contribution in [0.5, 0.6) is 0 Å². The van der Waals surface area contributed by atoms with Gasteiger partial charge < -0.3 is 29.5 Å². The van der Waals surface area contributed by atoms with Crippen LogP contribution in [0.25, 0.3) is 0 Å². The highest BCUT2D eigenvalue weighted by Gasteiger charge is 2.20. The Morgan fingerprint density at radius 2 is 0.594 bits per heavy atom. The highest BCUT2D eigenvalue weighted by Crippen LogP contribution is 2.22. The lowest BCUT2D eigenvalue weighted by Crippen LogP contribution is -2.30. The standard InChI is InChI=1S/C57H110O9S3/c1-4-7-10-25-34-48(58)43-52(67)37-28-19-13-16-22-31-40-55(61)64-46-51(66-57(63)42-33-24-18-15-21-30-39-54(69)45-50(60)36-27-12-9-6-3)47-65-56(62)41-32-23-17-14-20-29-38-53(68)44-49(59)35-26-11-8-5-2/h48-54,58-60,67-69H,4-47H2,1-3H3. The second-order valence-corrected chi connectivity index (χ2v) is 22.8. The van der Waals surface area contributed by atoms with Crippen molar-refractivity contribution in [2.45, 2.75) is 331 Å². The molecule has 69 heavy (non-hydrogen) atoms. The van der Waals surface area contributed by atoms with Crippen LogP contribution in [-0.2, 0) is 28.6 Å². The Balaban J connectivity index is 4.56. The summed E-state index contributed by atoms with van der Waals surface area (Å²) in [6.45, 7) is 6.32. The maximum absolute atomic E-state index is 12.9. The SMILES string of the molecule is CCCCCCC(O)CC(S)CCCCCCCCC(=O)OCC(COC(=O)CCCCCCCCC(S)CC(O)CCCCCC)OC(=O)CCCCCCCCC(S)CC(O)CCCCCC. The van der Waals surface area contributed by atoms with Crippen LogP contribution in [0.3, 0.4) is 0 Å². The summed E-state index contributed by atoms with van der Waals surface area (Å²) in [5.41, 5.74) is 0. The van der Waals surface area contributed by atoms with E-state index in [1.165, 1.54) is 57.8 Å². The molecule has 0 aliphatic heterocycles. The summed E-state index contributed by atoms with van der Waals surface area (Å²) in [5, 5.41) is 31.6. The largest absolute Gasteiger partial charge is 0.462 e. The fourth-order valence-electron chi connectivity index (χ4n) is 9.02. The molecule has 12 heteroatoms. The lowest BCUT2D eigenvalue weighted by atomic mass is 10.0. The minimum atomic E-state index is -0.843. The Hall–Kier alpha value is -0.660. The van der Waals surface area contributed by atoms with Crippen molar-refractivity contribution in [3.05, 3.63) is 0 Å². The fraction of sp³-hybridized carbons (Fsp3) is 0.947. The molecule has 0 aliphatic carbocycles. The number of unbranched alkanes of at least 4 members (excludes halogenated alkanes) is 24. The molecule has 9 nitrogen and oxygen atoms in total. The molecule has 6 unspecified atom stereocenters. The van der Waals surface area contributed by atoms with Crippen molar-refractivity contribution < 1.29 is 43.9 Å². The number of aliphatic hydroxyl groups is 3. The van der Waals surface area contributed by atoms with E-state index >= 15 is 0 Å². The van der Waals surface area contributed by atoms with E-state index in [-0.39, 0.29) is 71.6 Å². The van der Waals surface area contributed by atoms with Gasteiger partial charge in [0.25, 0.3) is 0 Å². The molecule has 3 N–H and O–H groups in total. The molecule has 0 radical (unpaired) electrons. The van der Waals surface area contributed by atoms with E-state index < -0.39 is 6.10 Å². The number of hydrogen-bond acceptors (Lipinski definition) is 12. The van der Waals surface area contributed by atoms with E-state index in [0.717, 1.165) is 186 Å². The van der Waals surface area contributed by atoms with Crippen LogP contribution in [0.4, 0.5) is 0 Å². The maximum atomic E-state index is 12.9. The van der Waals surface area contributed by atoms with Crippen molar-refractivity contribution in [1.82, 2.24) is 0 Å². The van der Waals surface area contributed by atoms with Crippen LogP contribution in [0, 0.1) is 0 Å². The fourth-order valence-corrected chi connectivity index (χ4v) is 10.3. The first kappa shape index (κ1) is 68.3. The van der Waals surface area contributed by atoms with Gasteiger partial charge in [0.1, 0.15) is 13.2 Å². The number of thiol groups is 3. The molecule has 0 aromatic rings. The molecule has 0 heterocycles. The van der Waals surface area contributed by atoms with Gasteiger partial charge in [0.2, 0.25) is 0 Å². The van der Waals surface area contributed by atoms with Crippen LogP contribution in [0.15, 0.2) is 0 Å². The van der Waals surface area contributed by atoms with Crippen LogP contribution >= 0.6 is 37.9 Å². The second kappa shape index (κ2) is 50.9. The first-order valence-corrected chi connectivity index (χ1v) is 30.5. The van der Waals surface area contributed by atoms with Crippen LogP contribution in [0.1, 0.15) is 290 Å². The van der Waals surface area contributed by atoms with Crippen molar-refractivity contribution in [1.29, 1.82) is 0 Å². The molecule has 410 valence electrons. The van der Waals surface area contributed by atoms with E-state index in [2.05, 4.69) is 20.8 Å². The maximum Gasteiger partial charge on any atom is 0.306 e. The Morgan fingerprint density at radius 3 is 0.899 bits per heavy atom. The van der Waals surface area contributed by atoms with Crippen LogP contribution < -0.4 is 0 Å². The molecule has 0 fully saturated rings. The Labute approximate surface area is 441 Å². The zero-order valence-electron chi connectivity index (χ0n) is 44.8. The molecular formula is C57H110O9S3. The number of carbonyl (C=O) groups is 3. The Bertz CT molecular complexity index is 1090. The summed E-state index contributed by atoms with van der Waals surface area (Å²) in [6, 6.07) is 0. The minimum absolute atomic E-state index is 0.136. The summed E-state index contributed by atoms with van der Waals surface area (Å²) < 4.78 is 16.8. The lowest BCUT2D eigenvalue weighted by Gasteiger charge is -2.18. The Kier molecular flexibility index (Phi) is 50.4. The summed E-state index contributed by atoms with van der Waals surface area (Å²) in [4.78, 5) is 38.3. The second-order valence-electron chi connectivity index (χ2n) is 20.6. The number of hydrogen-bond donors (Lipinski definition) is 6. The summed E-state index contributed by atoms with van der Waals surface area (Å²) in [6.07, 6.45) is 39.3. The zero-order chi connectivity index (χ0) is 51.0.